The Morgan fingerprint density at radius 3 is 2.21 bits per heavy atom. The Hall–Kier alpha value is -1.06. The molecule has 0 atom stereocenters. The van der Waals surface area contributed by atoms with Crippen molar-refractivity contribution in [2.45, 2.75) is 59.4 Å². The molecule has 1 N–H and O–H groups in total. The molecule has 1 fully saturated rings. The second-order valence-electron chi connectivity index (χ2n) is 6.35. The quantitative estimate of drug-likeness (QED) is 0.831. The van der Waals surface area contributed by atoms with E-state index in [9.17, 15) is 9.59 Å². The molecule has 2 amide bonds. The molecule has 1 heterocycles. The Balaban J connectivity index is 2.29. The lowest BCUT2D eigenvalue weighted by Gasteiger charge is -2.32. The first-order valence-corrected chi connectivity index (χ1v) is 7.45. The molecule has 4 heteroatoms. The van der Waals surface area contributed by atoms with Gasteiger partial charge in [-0.05, 0) is 38.5 Å². The van der Waals surface area contributed by atoms with Crippen molar-refractivity contribution in [2.24, 2.45) is 11.8 Å². The first-order valence-electron chi connectivity index (χ1n) is 7.45. The number of carbonyl (C=O) groups excluding carboxylic acids is 2. The first kappa shape index (κ1) is 16.0. The van der Waals surface area contributed by atoms with Crippen LogP contribution >= 0.6 is 0 Å². The average Bonchev–Trinajstić information content (AvgIpc) is 2.27. The lowest BCUT2D eigenvalue weighted by molar-refractivity contribution is -0.133. The largest absolute Gasteiger partial charge is 0.354 e. The number of nitrogens with one attached hydrogen (secondary N) is 1. The smallest absolute Gasteiger partial charge is 0.222 e. The molecule has 19 heavy (non-hydrogen) atoms. The van der Waals surface area contributed by atoms with E-state index < -0.39 is 0 Å². The summed E-state index contributed by atoms with van der Waals surface area (Å²) in [7, 11) is 0. The van der Waals surface area contributed by atoms with Crippen LogP contribution in [0.25, 0.3) is 0 Å². The summed E-state index contributed by atoms with van der Waals surface area (Å²) in [5.74, 6) is 1.26. The summed E-state index contributed by atoms with van der Waals surface area (Å²) in [5.41, 5.74) is 0. The SMILES string of the molecule is CC(C)CC(=O)N1CCC(CC(=O)NC(C)C)CC1. The molecule has 0 aromatic rings. The summed E-state index contributed by atoms with van der Waals surface area (Å²) in [5, 5.41) is 2.93. The zero-order valence-corrected chi connectivity index (χ0v) is 12.7. The zero-order chi connectivity index (χ0) is 14.4. The monoisotopic (exact) mass is 268 g/mol. The normalized spacial score (nSPS) is 17.1. The van der Waals surface area contributed by atoms with Gasteiger partial charge in [0.2, 0.25) is 11.8 Å². The predicted octanol–water partition coefficient (Wildman–Crippen LogP) is 2.19. The molecule has 1 aliphatic rings. The third-order valence-corrected chi connectivity index (χ3v) is 3.47. The molecule has 0 radical (unpaired) electrons. The van der Waals surface area contributed by atoms with Crippen LogP contribution < -0.4 is 5.32 Å². The second-order valence-corrected chi connectivity index (χ2v) is 6.35. The Morgan fingerprint density at radius 1 is 1.16 bits per heavy atom. The molecule has 0 aliphatic carbocycles. The molecular formula is C15H28N2O2. The van der Waals surface area contributed by atoms with Crippen molar-refractivity contribution in [3.8, 4) is 0 Å². The molecule has 0 bridgehead atoms. The van der Waals surface area contributed by atoms with Gasteiger partial charge in [-0.3, -0.25) is 9.59 Å². The van der Waals surface area contributed by atoms with Crippen molar-refractivity contribution in [1.82, 2.24) is 10.2 Å². The van der Waals surface area contributed by atoms with Gasteiger partial charge in [-0.15, -0.1) is 0 Å². The molecule has 1 saturated heterocycles. The Bertz CT molecular complexity index is 305. The highest BCUT2D eigenvalue weighted by molar-refractivity contribution is 5.77. The Labute approximate surface area is 116 Å². The topological polar surface area (TPSA) is 49.4 Å². The van der Waals surface area contributed by atoms with E-state index in [4.69, 9.17) is 0 Å². The average molecular weight is 268 g/mol. The molecule has 110 valence electrons. The van der Waals surface area contributed by atoms with Gasteiger partial charge in [0.1, 0.15) is 0 Å². The Kier molecular flexibility index (Phi) is 6.32. The second kappa shape index (κ2) is 7.51. The van der Waals surface area contributed by atoms with Crippen molar-refractivity contribution in [1.29, 1.82) is 0 Å². The number of rotatable bonds is 5. The van der Waals surface area contributed by atoms with E-state index in [1.807, 2.05) is 18.7 Å². The summed E-state index contributed by atoms with van der Waals surface area (Å²) in [4.78, 5) is 25.6. The zero-order valence-electron chi connectivity index (χ0n) is 12.7. The number of nitrogens with zero attached hydrogens (tertiary/aromatic N) is 1. The van der Waals surface area contributed by atoms with Crippen LogP contribution in [0, 0.1) is 11.8 Å². The van der Waals surface area contributed by atoms with Crippen LogP contribution in [0.4, 0.5) is 0 Å². The van der Waals surface area contributed by atoms with Gasteiger partial charge >= 0.3 is 0 Å². The van der Waals surface area contributed by atoms with Crippen molar-refractivity contribution in [3.63, 3.8) is 0 Å². The minimum atomic E-state index is 0.141. The lowest BCUT2D eigenvalue weighted by atomic mass is 9.92. The fourth-order valence-electron chi connectivity index (χ4n) is 2.51. The fourth-order valence-corrected chi connectivity index (χ4v) is 2.51. The third kappa shape index (κ3) is 6.08. The molecule has 4 nitrogen and oxygen atoms in total. The van der Waals surface area contributed by atoms with E-state index in [1.54, 1.807) is 0 Å². The standard InChI is InChI=1S/C15H28N2O2/c1-11(2)9-15(19)17-7-5-13(6-8-17)10-14(18)16-12(3)4/h11-13H,5-10H2,1-4H3,(H,16,18). The van der Waals surface area contributed by atoms with Gasteiger partial charge in [-0.2, -0.15) is 0 Å². The van der Waals surface area contributed by atoms with Crippen LogP contribution in [-0.2, 0) is 9.59 Å². The number of piperidine rings is 1. The van der Waals surface area contributed by atoms with Gasteiger partial charge in [0.05, 0.1) is 0 Å². The summed E-state index contributed by atoms with van der Waals surface area (Å²) in [6, 6.07) is 0.209. The first-order chi connectivity index (χ1) is 8.88. The fraction of sp³-hybridized carbons (Fsp3) is 0.867. The van der Waals surface area contributed by atoms with E-state index in [1.165, 1.54) is 0 Å². The van der Waals surface area contributed by atoms with E-state index in [-0.39, 0.29) is 17.9 Å². The van der Waals surface area contributed by atoms with Crippen molar-refractivity contribution in [3.05, 3.63) is 0 Å². The third-order valence-electron chi connectivity index (χ3n) is 3.47. The van der Waals surface area contributed by atoms with Crippen LogP contribution in [0.1, 0.15) is 53.4 Å². The molecule has 0 aromatic heterocycles. The predicted molar refractivity (Wildman–Crippen MR) is 76.7 cm³/mol. The molecular weight excluding hydrogens is 240 g/mol. The molecule has 0 aromatic carbocycles. The minimum Gasteiger partial charge on any atom is -0.354 e. The molecule has 1 rings (SSSR count). The highest BCUT2D eigenvalue weighted by Crippen LogP contribution is 2.21. The van der Waals surface area contributed by atoms with Gasteiger partial charge in [0.25, 0.3) is 0 Å². The van der Waals surface area contributed by atoms with E-state index in [0.717, 1.165) is 25.9 Å². The van der Waals surface area contributed by atoms with E-state index >= 15 is 0 Å². The maximum absolute atomic E-state index is 11.9. The van der Waals surface area contributed by atoms with Gasteiger partial charge in [0.15, 0.2) is 0 Å². The minimum absolute atomic E-state index is 0.141. The summed E-state index contributed by atoms with van der Waals surface area (Å²) in [6.45, 7) is 9.72. The van der Waals surface area contributed by atoms with Crippen LogP contribution in [-0.4, -0.2) is 35.8 Å². The van der Waals surface area contributed by atoms with Gasteiger partial charge in [-0.25, -0.2) is 0 Å². The van der Waals surface area contributed by atoms with Crippen LogP contribution in [0.5, 0.6) is 0 Å². The Morgan fingerprint density at radius 2 is 1.74 bits per heavy atom. The number of hydrogen-bond acceptors (Lipinski definition) is 2. The maximum atomic E-state index is 11.9. The van der Waals surface area contributed by atoms with Gasteiger partial charge in [-0.1, -0.05) is 13.8 Å². The number of likely N-dealkylation sites (tertiary alicyclic amines) is 1. The van der Waals surface area contributed by atoms with Crippen molar-refractivity contribution in [2.75, 3.05) is 13.1 Å². The van der Waals surface area contributed by atoms with Gasteiger partial charge < -0.3 is 10.2 Å². The molecule has 0 saturated carbocycles. The van der Waals surface area contributed by atoms with Crippen molar-refractivity contribution >= 4 is 11.8 Å². The van der Waals surface area contributed by atoms with Gasteiger partial charge in [0, 0.05) is 32.0 Å². The van der Waals surface area contributed by atoms with Crippen LogP contribution in [0.15, 0.2) is 0 Å². The number of hydrogen-bond donors (Lipinski definition) is 1. The van der Waals surface area contributed by atoms with E-state index in [2.05, 4.69) is 19.2 Å². The number of carbonyl (C=O) groups is 2. The van der Waals surface area contributed by atoms with Crippen molar-refractivity contribution < 1.29 is 9.59 Å². The summed E-state index contributed by atoms with van der Waals surface area (Å²) >= 11 is 0. The highest BCUT2D eigenvalue weighted by Gasteiger charge is 2.24. The highest BCUT2D eigenvalue weighted by atomic mass is 16.2. The maximum Gasteiger partial charge on any atom is 0.222 e. The summed E-state index contributed by atoms with van der Waals surface area (Å²) in [6.07, 6.45) is 3.15. The molecule has 0 unspecified atom stereocenters. The van der Waals surface area contributed by atoms with Crippen LogP contribution in [0.3, 0.4) is 0 Å². The molecule has 1 aliphatic heterocycles. The lowest BCUT2D eigenvalue weighted by Crippen LogP contribution is -2.40. The summed E-state index contributed by atoms with van der Waals surface area (Å²) < 4.78 is 0. The number of amides is 2. The molecule has 0 spiro atoms. The van der Waals surface area contributed by atoms with E-state index in [0.29, 0.717) is 24.7 Å². The van der Waals surface area contributed by atoms with Crippen LogP contribution in [0.2, 0.25) is 0 Å².